The molecule has 0 saturated carbocycles. The third-order valence-corrected chi connectivity index (χ3v) is 5.86. The molecule has 21 heavy (non-hydrogen) atoms. The summed E-state index contributed by atoms with van der Waals surface area (Å²) in [6.07, 6.45) is 4.11. The van der Waals surface area contributed by atoms with E-state index in [1.165, 1.54) is 0 Å². The van der Waals surface area contributed by atoms with Gasteiger partial charge in [0, 0.05) is 17.5 Å². The van der Waals surface area contributed by atoms with E-state index in [0.29, 0.717) is 22.6 Å². The summed E-state index contributed by atoms with van der Waals surface area (Å²) < 4.78 is 28.2. The van der Waals surface area contributed by atoms with Crippen molar-refractivity contribution in [2.75, 3.05) is 17.7 Å². The zero-order valence-electron chi connectivity index (χ0n) is 13.3. The molecule has 1 aromatic carbocycles. The van der Waals surface area contributed by atoms with Gasteiger partial charge in [-0.25, -0.2) is 13.1 Å². The molecular formula is C15H26N2O2S2. The third kappa shape index (κ3) is 4.63. The Kier molecular flexibility index (Phi) is 7.03. The van der Waals surface area contributed by atoms with E-state index < -0.39 is 10.0 Å². The lowest BCUT2D eigenvalue weighted by molar-refractivity contribution is 0.557. The number of hydrogen-bond donors (Lipinski definition) is 2. The van der Waals surface area contributed by atoms with Crippen LogP contribution in [0.5, 0.6) is 0 Å². The molecule has 1 atom stereocenters. The zero-order chi connectivity index (χ0) is 16.0. The van der Waals surface area contributed by atoms with Gasteiger partial charge in [-0.3, -0.25) is 0 Å². The van der Waals surface area contributed by atoms with E-state index >= 15 is 0 Å². The first-order chi connectivity index (χ1) is 9.89. The average Bonchev–Trinajstić information content (AvgIpc) is 2.45. The van der Waals surface area contributed by atoms with E-state index in [-0.39, 0.29) is 6.04 Å². The van der Waals surface area contributed by atoms with Crippen LogP contribution in [0.2, 0.25) is 0 Å². The summed E-state index contributed by atoms with van der Waals surface area (Å²) in [5, 5.41) is 0. The second kappa shape index (κ2) is 8.06. The second-order valence-corrected chi connectivity index (χ2v) is 7.64. The van der Waals surface area contributed by atoms with Crippen LogP contribution in [0, 0.1) is 0 Å². The van der Waals surface area contributed by atoms with Crippen molar-refractivity contribution in [1.29, 1.82) is 0 Å². The average molecular weight is 331 g/mol. The monoisotopic (exact) mass is 330 g/mol. The molecule has 1 unspecified atom stereocenters. The minimum atomic E-state index is -3.53. The molecule has 1 rings (SSSR count). The number of aryl methyl sites for hydroxylation is 1. The van der Waals surface area contributed by atoms with E-state index in [0.717, 1.165) is 24.2 Å². The molecule has 120 valence electrons. The summed E-state index contributed by atoms with van der Waals surface area (Å²) in [6.45, 7) is 5.91. The number of hydrogen-bond acceptors (Lipinski definition) is 4. The first kappa shape index (κ1) is 18.3. The molecule has 3 N–H and O–H groups in total. The molecule has 0 aliphatic carbocycles. The number of sulfonamides is 1. The summed E-state index contributed by atoms with van der Waals surface area (Å²) in [5.41, 5.74) is 8.25. The van der Waals surface area contributed by atoms with Crippen LogP contribution in [0.1, 0.15) is 38.3 Å². The Hall–Kier alpha value is -0.720. The van der Waals surface area contributed by atoms with Crippen LogP contribution in [-0.2, 0) is 22.9 Å². The van der Waals surface area contributed by atoms with Crippen molar-refractivity contribution in [3.05, 3.63) is 23.3 Å². The number of thioether (sulfide) groups is 1. The van der Waals surface area contributed by atoms with Crippen molar-refractivity contribution in [3.8, 4) is 0 Å². The van der Waals surface area contributed by atoms with Crippen LogP contribution >= 0.6 is 11.8 Å². The summed E-state index contributed by atoms with van der Waals surface area (Å²) >= 11 is 1.64. The molecule has 0 heterocycles. The van der Waals surface area contributed by atoms with Gasteiger partial charge >= 0.3 is 0 Å². The molecule has 4 nitrogen and oxygen atoms in total. The predicted molar refractivity (Wildman–Crippen MR) is 92.4 cm³/mol. The molecule has 0 aliphatic rings. The number of benzene rings is 1. The SMILES string of the molecule is CCc1cc(N)c(CC)c(S(=O)(=O)NC(CC)CSC)c1. The van der Waals surface area contributed by atoms with Crippen molar-refractivity contribution in [1.82, 2.24) is 4.72 Å². The summed E-state index contributed by atoms with van der Waals surface area (Å²) in [7, 11) is -3.53. The first-order valence-corrected chi connectivity index (χ1v) is 10.2. The lowest BCUT2D eigenvalue weighted by Gasteiger charge is -2.19. The molecule has 0 amide bonds. The van der Waals surface area contributed by atoms with Gasteiger partial charge in [0.25, 0.3) is 0 Å². The van der Waals surface area contributed by atoms with Gasteiger partial charge in [0.2, 0.25) is 10.0 Å². The van der Waals surface area contributed by atoms with E-state index in [1.54, 1.807) is 17.8 Å². The maximum Gasteiger partial charge on any atom is 0.241 e. The smallest absolute Gasteiger partial charge is 0.241 e. The quantitative estimate of drug-likeness (QED) is 0.719. The molecule has 0 fully saturated rings. The van der Waals surface area contributed by atoms with Crippen molar-refractivity contribution in [2.45, 2.75) is 51.0 Å². The van der Waals surface area contributed by atoms with Gasteiger partial charge in [-0.1, -0.05) is 20.8 Å². The summed E-state index contributed by atoms with van der Waals surface area (Å²) in [5.74, 6) is 0.764. The van der Waals surface area contributed by atoms with Crippen molar-refractivity contribution in [2.24, 2.45) is 0 Å². The normalized spacial score (nSPS) is 13.3. The fourth-order valence-corrected chi connectivity index (χ4v) is 4.80. The highest BCUT2D eigenvalue weighted by Crippen LogP contribution is 2.25. The minimum absolute atomic E-state index is 0.0544. The molecule has 0 saturated heterocycles. The highest BCUT2D eigenvalue weighted by molar-refractivity contribution is 7.98. The van der Waals surface area contributed by atoms with E-state index in [4.69, 9.17) is 5.73 Å². The van der Waals surface area contributed by atoms with Gasteiger partial charge in [0.15, 0.2) is 0 Å². The Morgan fingerprint density at radius 3 is 2.38 bits per heavy atom. The molecule has 0 radical (unpaired) electrons. The molecule has 1 aromatic rings. The Balaban J connectivity index is 3.26. The van der Waals surface area contributed by atoms with Crippen LogP contribution in [0.4, 0.5) is 5.69 Å². The zero-order valence-corrected chi connectivity index (χ0v) is 14.9. The number of nitrogens with two attached hydrogens (primary N) is 1. The molecule has 0 bridgehead atoms. The highest BCUT2D eigenvalue weighted by Gasteiger charge is 2.23. The van der Waals surface area contributed by atoms with Crippen LogP contribution in [0.15, 0.2) is 17.0 Å². The van der Waals surface area contributed by atoms with Crippen LogP contribution in [0.3, 0.4) is 0 Å². The molecule has 0 aliphatic heterocycles. The molecule has 6 heteroatoms. The van der Waals surface area contributed by atoms with Crippen LogP contribution < -0.4 is 10.5 Å². The van der Waals surface area contributed by atoms with Gasteiger partial charge in [0.1, 0.15) is 0 Å². The van der Waals surface area contributed by atoms with E-state index in [9.17, 15) is 8.42 Å². The lowest BCUT2D eigenvalue weighted by Crippen LogP contribution is -2.36. The molecular weight excluding hydrogens is 304 g/mol. The van der Waals surface area contributed by atoms with Crippen molar-refractivity contribution in [3.63, 3.8) is 0 Å². The lowest BCUT2D eigenvalue weighted by atomic mass is 10.1. The maximum atomic E-state index is 12.7. The van der Waals surface area contributed by atoms with Crippen molar-refractivity contribution >= 4 is 27.5 Å². The molecule has 0 spiro atoms. The van der Waals surface area contributed by atoms with Gasteiger partial charge in [-0.2, -0.15) is 11.8 Å². The first-order valence-electron chi connectivity index (χ1n) is 7.32. The van der Waals surface area contributed by atoms with Crippen molar-refractivity contribution < 1.29 is 8.42 Å². The number of nitrogen functional groups attached to an aromatic ring is 1. The van der Waals surface area contributed by atoms with Gasteiger partial charge in [-0.05, 0) is 48.8 Å². The predicted octanol–water partition coefficient (Wildman–Crippen LogP) is 2.81. The fraction of sp³-hybridized carbons (Fsp3) is 0.600. The topological polar surface area (TPSA) is 72.2 Å². The standard InChI is InChI=1S/C15H26N2O2S2/c1-5-11-8-14(16)13(7-3)15(9-11)21(18,19)17-12(6-2)10-20-4/h8-9,12,17H,5-7,10,16H2,1-4H3. The van der Waals surface area contributed by atoms with Gasteiger partial charge < -0.3 is 5.73 Å². The van der Waals surface area contributed by atoms with Crippen LogP contribution in [-0.4, -0.2) is 26.5 Å². The Bertz CT molecular complexity index is 571. The van der Waals surface area contributed by atoms with E-state index in [2.05, 4.69) is 4.72 Å². The van der Waals surface area contributed by atoms with E-state index in [1.807, 2.05) is 33.1 Å². The molecule has 0 aromatic heterocycles. The number of nitrogens with one attached hydrogen (secondary N) is 1. The minimum Gasteiger partial charge on any atom is -0.398 e. The Morgan fingerprint density at radius 2 is 1.90 bits per heavy atom. The summed E-state index contributed by atoms with van der Waals surface area (Å²) in [4.78, 5) is 0.335. The second-order valence-electron chi connectivity index (χ2n) is 5.05. The maximum absolute atomic E-state index is 12.7. The number of rotatable bonds is 8. The Morgan fingerprint density at radius 1 is 1.24 bits per heavy atom. The van der Waals surface area contributed by atoms with Gasteiger partial charge in [0.05, 0.1) is 4.90 Å². The fourth-order valence-electron chi connectivity index (χ4n) is 2.27. The third-order valence-electron chi connectivity index (χ3n) is 3.54. The number of anilines is 1. The Labute approximate surface area is 132 Å². The highest BCUT2D eigenvalue weighted by atomic mass is 32.2. The van der Waals surface area contributed by atoms with Gasteiger partial charge in [-0.15, -0.1) is 0 Å². The largest absolute Gasteiger partial charge is 0.398 e. The van der Waals surface area contributed by atoms with Crippen LogP contribution in [0.25, 0.3) is 0 Å². The summed E-state index contributed by atoms with van der Waals surface area (Å²) in [6, 6.07) is 3.57.